The molecule has 0 bridgehead atoms. The summed E-state index contributed by atoms with van der Waals surface area (Å²) in [6.45, 7) is 6.09. The van der Waals surface area contributed by atoms with E-state index in [4.69, 9.17) is 4.74 Å². The maximum atomic E-state index is 12.9. The van der Waals surface area contributed by atoms with Gasteiger partial charge in [-0.1, -0.05) is 0 Å². The van der Waals surface area contributed by atoms with Crippen molar-refractivity contribution in [2.45, 2.75) is 25.7 Å². The first-order valence-electron chi connectivity index (χ1n) is 9.69. The number of piperazine rings is 1. The molecule has 6 nitrogen and oxygen atoms in total. The van der Waals surface area contributed by atoms with Gasteiger partial charge in [0.2, 0.25) is 5.91 Å². The summed E-state index contributed by atoms with van der Waals surface area (Å²) in [5.74, 6) is 0.330. The van der Waals surface area contributed by atoms with Crippen molar-refractivity contribution in [2.24, 2.45) is 0 Å². The summed E-state index contributed by atoms with van der Waals surface area (Å²) < 4.78 is 5.33. The Balaban J connectivity index is 1.31. The Morgan fingerprint density at radius 2 is 1.65 bits per heavy atom. The average molecular weight is 378 g/mol. The molecule has 0 N–H and O–H groups in total. The lowest BCUT2D eigenvalue weighted by Gasteiger charge is -2.36. The highest BCUT2D eigenvalue weighted by molar-refractivity contribution is 7.10. The first-order valence-corrected chi connectivity index (χ1v) is 10.6. The Labute approximate surface area is 158 Å². The quantitative estimate of drug-likeness (QED) is 0.795. The molecule has 2 saturated heterocycles. The van der Waals surface area contributed by atoms with E-state index in [0.29, 0.717) is 45.9 Å². The number of amides is 2. The molecule has 0 spiro atoms. The minimum atomic E-state index is 0.157. The van der Waals surface area contributed by atoms with Crippen molar-refractivity contribution in [3.63, 3.8) is 0 Å². The second kappa shape index (κ2) is 8.06. The molecule has 1 aromatic heterocycles. The van der Waals surface area contributed by atoms with Crippen LogP contribution in [0.5, 0.6) is 0 Å². The lowest BCUT2D eigenvalue weighted by molar-refractivity contribution is -0.134. The second-order valence-electron chi connectivity index (χ2n) is 7.32. The predicted molar refractivity (Wildman–Crippen MR) is 101 cm³/mol. The molecule has 0 atom stereocenters. The number of nitrogens with zero attached hydrogens (tertiary/aromatic N) is 3. The highest BCUT2D eigenvalue weighted by Gasteiger charge is 2.28. The number of carbonyl (C=O) groups excluding carboxylic acids is 2. The van der Waals surface area contributed by atoms with Gasteiger partial charge in [0.15, 0.2) is 0 Å². The van der Waals surface area contributed by atoms with Gasteiger partial charge in [-0.05, 0) is 31.2 Å². The highest BCUT2D eigenvalue weighted by atomic mass is 32.1. The smallest absolute Gasteiger partial charge is 0.255 e. The third-order valence-electron chi connectivity index (χ3n) is 5.67. The van der Waals surface area contributed by atoms with Crippen LogP contribution >= 0.6 is 11.3 Å². The van der Waals surface area contributed by atoms with Gasteiger partial charge in [-0.3, -0.25) is 14.5 Å². The lowest BCUT2D eigenvalue weighted by atomic mass is 9.95. The van der Waals surface area contributed by atoms with Crippen LogP contribution in [0.3, 0.4) is 0 Å². The molecule has 0 saturated carbocycles. The maximum absolute atomic E-state index is 12.9. The monoisotopic (exact) mass is 377 g/mol. The highest BCUT2D eigenvalue weighted by Crippen LogP contribution is 2.31. The lowest BCUT2D eigenvalue weighted by Crippen LogP contribution is -2.53. The Kier molecular flexibility index (Phi) is 5.57. The molecule has 2 amide bonds. The number of hydrogen-bond donors (Lipinski definition) is 0. The number of thiophene rings is 1. The van der Waals surface area contributed by atoms with E-state index in [1.807, 2.05) is 15.2 Å². The number of ether oxygens (including phenoxy) is 1. The first kappa shape index (κ1) is 17.9. The topological polar surface area (TPSA) is 53.1 Å². The normalized spacial score (nSPS) is 21.5. The van der Waals surface area contributed by atoms with Crippen molar-refractivity contribution >= 4 is 23.2 Å². The molecule has 0 radical (unpaired) electrons. The molecule has 4 rings (SSSR count). The summed E-state index contributed by atoms with van der Waals surface area (Å²) >= 11 is 1.74. The van der Waals surface area contributed by atoms with Crippen molar-refractivity contribution in [3.8, 4) is 0 Å². The molecule has 2 aliphatic heterocycles. The van der Waals surface area contributed by atoms with E-state index in [9.17, 15) is 9.59 Å². The van der Waals surface area contributed by atoms with Gasteiger partial charge in [-0.2, -0.15) is 0 Å². The molecule has 26 heavy (non-hydrogen) atoms. The average Bonchev–Trinajstić information content (AvgIpc) is 3.12. The van der Waals surface area contributed by atoms with Crippen LogP contribution in [0.2, 0.25) is 0 Å². The fourth-order valence-electron chi connectivity index (χ4n) is 4.05. The fourth-order valence-corrected chi connectivity index (χ4v) is 5.17. The summed E-state index contributed by atoms with van der Waals surface area (Å²) in [6.07, 6.45) is 4.59. The zero-order valence-electron chi connectivity index (χ0n) is 15.2. The molecule has 3 aliphatic rings. The summed E-state index contributed by atoms with van der Waals surface area (Å²) in [6, 6.07) is 0. The number of morpholine rings is 1. The molecule has 1 aliphatic carbocycles. The number of rotatable bonds is 3. The largest absolute Gasteiger partial charge is 0.379 e. The van der Waals surface area contributed by atoms with E-state index in [2.05, 4.69) is 4.90 Å². The van der Waals surface area contributed by atoms with Crippen LogP contribution in [0, 0.1) is 0 Å². The van der Waals surface area contributed by atoms with Crippen LogP contribution in [-0.4, -0.2) is 85.5 Å². The second-order valence-corrected chi connectivity index (χ2v) is 8.28. The Morgan fingerprint density at radius 1 is 0.962 bits per heavy atom. The molecule has 0 aromatic carbocycles. The molecule has 0 unspecified atom stereocenters. The molecule has 1 aromatic rings. The van der Waals surface area contributed by atoms with Gasteiger partial charge in [0.25, 0.3) is 5.91 Å². The molecule has 3 heterocycles. The van der Waals surface area contributed by atoms with Crippen LogP contribution in [0.4, 0.5) is 0 Å². The zero-order chi connectivity index (χ0) is 17.9. The first-order chi connectivity index (χ1) is 12.7. The third kappa shape index (κ3) is 3.80. The van der Waals surface area contributed by atoms with Gasteiger partial charge in [-0.25, -0.2) is 0 Å². The van der Waals surface area contributed by atoms with Crippen LogP contribution in [0.1, 0.15) is 33.6 Å². The van der Waals surface area contributed by atoms with E-state index in [1.54, 1.807) is 11.3 Å². The van der Waals surface area contributed by atoms with E-state index in [1.165, 1.54) is 23.3 Å². The van der Waals surface area contributed by atoms with E-state index < -0.39 is 0 Å². The maximum Gasteiger partial charge on any atom is 0.255 e. The summed E-state index contributed by atoms with van der Waals surface area (Å²) in [4.78, 5) is 32.8. The molecular formula is C19H27N3O3S. The van der Waals surface area contributed by atoms with Gasteiger partial charge in [-0.15, -0.1) is 11.3 Å². The number of aryl methyl sites for hydroxylation is 1. The minimum Gasteiger partial charge on any atom is -0.379 e. The van der Waals surface area contributed by atoms with E-state index >= 15 is 0 Å². The van der Waals surface area contributed by atoms with Crippen LogP contribution < -0.4 is 0 Å². The zero-order valence-corrected chi connectivity index (χ0v) is 16.1. The van der Waals surface area contributed by atoms with Crippen LogP contribution in [0.15, 0.2) is 5.38 Å². The Bertz CT molecular complexity index is 661. The van der Waals surface area contributed by atoms with Crippen molar-refractivity contribution in [1.82, 2.24) is 14.7 Å². The number of hydrogen-bond acceptors (Lipinski definition) is 5. The molecule has 2 fully saturated rings. The summed E-state index contributed by atoms with van der Waals surface area (Å²) in [7, 11) is 0. The van der Waals surface area contributed by atoms with Gasteiger partial charge in [0, 0.05) is 49.5 Å². The van der Waals surface area contributed by atoms with Gasteiger partial charge in [0.05, 0.1) is 25.3 Å². The standard InChI is InChI=1S/C19H27N3O3S/c23-18(13-20-9-11-25-12-10-20)21-5-7-22(8-6-21)19(24)16-14-26-17-4-2-1-3-15(16)17/h14H,1-13H2. The number of carbonyl (C=O) groups is 2. The van der Waals surface area contributed by atoms with Crippen LogP contribution in [-0.2, 0) is 22.4 Å². The van der Waals surface area contributed by atoms with E-state index in [-0.39, 0.29) is 11.8 Å². The fraction of sp³-hybridized carbons (Fsp3) is 0.684. The Morgan fingerprint density at radius 3 is 2.42 bits per heavy atom. The van der Waals surface area contributed by atoms with Crippen molar-refractivity contribution in [1.29, 1.82) is 0 Å². The molecule has 7 heteroatoms. The predicted octanol–water partition coefficient (Wildman–Crippen LogP) is 1.24. The van der Waals surface area contributed by atoms with Gasteiger partial charge < -0.3 is 14.5 Å². The van der Waals surface area contributed by atoms with Crippen molar-refractivity contribution in [3.05, 3.63) is 21.4 Å². The summed E-state index contributed by atoms with van der Waals surface area (Å²) in [5, 5.41) is 2.05. The third-order valence-corrected chi connectivity index (χ3v) is 6.76. The minimum absolute atomic E-state index is 0.157. The Hall–Kier alpha value is -1.44. The van der Waals surface area contributed by atoms with Crippen molar-refractivity contribution < 1.29 is 14.3 Å². The molecular weight excluding hydrogens is 350 g/mol. The van der Waals surface area contributed by atoms with Gasteiger partial charge in [0.1, 0.15) is 0 Å². The van der Waals surface area contributed by atoms with Crippen molar-refractivity contribution in [2.75, 3.05) is 59.0 Å². The van der Waals surface area contributed by atoms with Crippen LogP contribution in [0.25, 0.3) is 0 Å². The SMILES string of the molecule is O=C(CN1CCOCC1)N1CCN(C(=O)c2csc3c2CCCC3)CC1. The van der Waals surface area contributed by atoms with E-state index in [0.717, 1.165) is 31.5 Å². The van der Waals surface area contributed by atoms with Gasteiger partial charge >= 0.3 is 0 Å². The molecule has 142 valence electrons. The summed E-state index contributed by atoms with van der Waals surface area (Å²) in [5.41, 5.74) is 2.20. The number of fused-ring (bicyclic) bond motifs is 1.